The van der Waals surface area contributed by atoms with Gasteiger partial charge in [-0.05, 0) is 142 Å². The molecular formula is C47H79N2O6+. The van der Waals surface area contributed by atoms with Crippen molar-refractivity contribution in [3.63, 3.8) is 0 Å². The number of epoxide rings is 1. The Morgan fingerprint density at radius 2 is 1.58 bits per heavy atom. The molecule has 0 aromatic rings. The van der Waals surface area contributed by atoms with Gasteiger partial charge < -0.3 is 30.5 Å². The van der Waals surface area contributed by atoms with Crippen LogP contribution in [0.2, 0.25) is 0 Å². The Morgan fingerprint density at radius 3 is 2.27 bits per heavy atom. The van der Waals surface area contributed by atoms with Crippen molar-refractivity contribution in [1.82, 2.24) is 0 Å². The molecule has 0 amide bonds. The van der Waals surface area contributed by atoms with Crippen molar-refractivity contribution < 1.29 is 35.3 Å². The van der Waals surface area contributed by atoms with Crippen LogP contribution in [0.5, 0.6) is 0 Å². The lowest BCUT2D eigenvalue weighted by Crippen LogP contribution is -2.94. The number of quaternary nitrogens is 1. The first-order chi connectivity index (χ1) is 25.8. The summed E-state index contributed by atoms with van der Waals surface area (Å²) >= 11 is 0. The van der Waals surface area contributed by atoms with Gasteiger partial charge in [-0.3, -0.25) is 10.5 Å². The van der Waals surface area contributed by atoms with Crippen molar-refractivity contribution in [2.75, 3.05) is 6.54 Å². The number of aliphatic hydroxyl groups is 4. The molecule has 8 rings (SSSR count). The Hall–Kier alpha value is -0.870. The Balaban J connectivity index is 1.10. The zero-order valence-electron chi connectivity index (χ0n) is 35.5. The van der Waals surface area contributed by atoms with Gasteiger partial charge in [0.1, 0.15) is 18.4 Å². The second-order valence-electron chi connectivity index (χ2n) is 22.7. The summed E-state index contributed by atoms with van der Waals surface area (Å²) in [4.78, 5) is 14.5. The molecule has 7 fully saturated rings. The van der Waals surface area contributed by atoms with Crippen molar-refractivity contribution in [3.05, 3.63) is 11.6 Å². The van der Waals surface area contributed by atoms with Gasteiger partial charge in [-0.2, -0.15) is 0 Å². The van der Waals surface area contributed by atoms with E-state index in [2.05, 4.69) is 33.0 Å². The maximum Gasteiger partial charge on any atom is 0.159 e. The van der Waals surface area contributed by atoms with E-state index >= 15 is 0 Å². The first-order valence-electron chi connectivity index (χ1n) is 23.2. The maximum atomic E-state index is 14.5. The number of fused-ring (bicyclic) bond motifs is 6. The summed E-state index contributed by atoms with van der Waals surface area (Å²) in [6, 6.07) is 0. The number of ketones is 1. The second-order valence-corrected chi connectivity index (χ2v) is 22.7. The Morgan fingerprint density at radius 1 is 0.873 bits per heavy atom. The Bertz CT molecular complexity index is 1480. The smallest absolute Gasteiger partial charge is 0.159 e. The molecule has 8 N–H and O–H groups in total. The molecule has 6 aliphatic carbocycles. The fourth-order valence-electron chi connectivity index (χ4n) is 15.8. The van der Waals surface area contributed by atoms with Crippen molar-refractivity contribution in [2.24, 2.45) is 62.9 Å². The van der Waals surface area contributed by atoms with E-state index < -0.39 is 45.9 Å². The largest absolute Gasteiger partial charge is 0.393 e. The van der Waals surface area contributed by atoms with E-state index in [9.17, 15) is 25.2 Å². The molecule has 5 saturated carbocycles. The van der Waals surface area contributed by atoms with E-state index in [1.54, 1.807) is 0 Å². The van der Waals surface area contributed by atoms with Gasteiger partial charge in [0.25, 0.3) is 0 Å². The fourth-order valence-corrected chi connectivity index (χ4v) is 15.8. The third-order valence-electron chi connectivity index (χ3n) is 19.5. The van der Waals surface area contributed by atoms with Gasteiger partial charge in [-0.1, -0.05) is 79.1 Å². The van der Waals surface area contributed by atoms with Crippen molar-refractivity contribution in [3.8, 4) is 0 Å². The molecule has 8 nitrogen and oxygen atoms in total. The summed E-state index contributed by atoms with van der Waals surface area (Å²) in [6.07, 6.45) is 21.1. The number of rotatable bonds is 10. The lowest BCUT2D eigenvalue weighted by atomic mass is 9.37. The number of piperidine rings is 1. The summed E-state index contributed by atoms with van der Waals surface area (Å²) in [7, 11) is 0. The minimum atomic E-state index is -1.27. The predicted molar refractivity (Wildman–Crippen MR) is 214 cm³/mol. The normalized spacial score (nSPS) is 46.6. The van der Waals surface area contributed by atoms with E-state index in [0.29, 0.717) is 25.2 Å². The van der Waals surface area contributed by atoms with Gasteiger partial charge in [-0.25, -0.2) is 0 Å². The van der Waals surface area contributed by atoms with Crippen LogP contribution in [-0.4, -0.2) is 74.0 Å². The Kier molecular flexibility index (Phi) is 10.5. The minimum Gasteiger partial charge on any atom is -0.393 e. The number of carbonyl (C=O) groups is 1. The summed E-state index contributed by atoms with van der Waals surface area (Å²) in [5.74, 6) is 1.31. The number of hydrogen-bond donors (Lipinski definition) is 6. The van der Waals surface area contributed by atoms with E-state index in [4.69, 9.17) is 10.5 Å². The highest BCUT2D eigenvalue weighted by molar-refractivity contribution is 5.95. The highest BCUT2D eigenvalue weighted by atomic mass is 16.6. The van der Waals surface area contributed by atoms with Crippen molar-refractivity contribution in [2.45, 2.75) is 211 Å². The monoisotopic (exact) mass is 768 g/mol. The first kappa shape index (κ1) is 40.9. The average molecular weight is 768 g/mol. The molecule has 2 saturated heterocycles. The fraction of sp³-hybridized carbons (Fsp3) is 0.936. The average Bonchev–Trinajstić information content (AvgIpc) is 3.75. The molecule has 55 heavy (non-hydrogen) atoms. The van der Waals surface area contributed by atoms with Gasteiger partial charge in [-0.15, -0.1) is 0 Å². The molecule has 2 heterocycles. The first-order valence-corrected chi connectivity index (χ1v) is 23.2. The molecule has 0 aromatic carbocycles. The van der Waals surface area contributed by atoms with Crippen LogP contribution < -0.4 is 11.1 Å². The zero-order valence-corrected chi connectivity index (χ0v) is 35.5. The molecule has 0 aromatic heterocycles. The molecule has 1 spiro atoms. The maximum absolute atomic E-state index is 14.5. The number of hydrogen-bond acceptors (Lipinski definition) is 7. The minimum absolute atomic E-state index is 0.0919. The van der Waals surface area contributed by atoms with Gasteiger partial charge >= 0.3 is 0 Å². The number of allylic oxidation sites excluding steroid dienone is 1. The van der Waals surface area contributed by atoms with E-state index in [1.807, 2.05) is 19.9 Å². The van der Waals surface area contributed by atoms with E-state index in [-0.39, 0.29) is 46.5 Å². The van der Waals surface area contributed by atoms with Gasteiger partial charge in [0.15, 0.2) is 5.78 Å². The van der Waals surface area contributed by atoms with Crippen LogP contribution in [0.3, 0.4) is 0 Å². The summed E-state index contributed by atoms with van der Waals surface area (Å²) in [5.41, 5.74) is 2.10. The topological polar surface area (TPSA) is 153 Å². The molecule has 8 aliphatic rings. The van der Waals surface area contributed by atoms with Gasteiger partial charge in [0, 0.05) is 17.8 Å². The van der Waals surface area contributed by atoms with Gasteiger partial charge in [0.05, 0.1) is 29.5 Å². The van der Waals surface area contributed by atoms with Crippen LogP contribution in [0.4, 0.5) is 0 Å². The molecule has 2 aliphatic heterocycles. The molecule has 14 atom stereocenters. The lowest BCUT2D eigenvalue weighted by molar-refractivity contribution is -0.699. The highest BCUT2D eigenvalue weighted by Crippen LogP contribution is 2.75. The Labute approximate surface area is 332 Å². The molecule has 0 bridgehead atoms. The summed E-state index contributed by atoms with van der Waals surface area (Å²) < 4.78 is 6.45. The van der Waals surface area contributed by atoms with E-state index in [0.717, 1.165) is 88.7 Å². The summed E-state index contributed by atoms with van der Waals surface area (Å²) in [6.45, 7) is 13.8. The van der Waals surface area contributed by atoms with Gasteiger partial charge in [0.2, 0.25) is 0 Å². The number of carbonyl (C=O) groups excluding carboxylic acids is 1. The van der Waals surface area contributed by atoms with Crippen LogP contribution in [0.15, 0.2) is 11.6 Å². The standard InChI is InChI=1S/C47H78N2O6/c1-41(2,21-16-30-18-23-49-37(48)24-30)45(6,53)40-39(55-40)44(5,52)36-17-22-47(54)34-26-35(51)33-25-32(50)28-46(19-10-11-20-46)43(33,4)38(34)31(27-42(36,47)3)15-14-29-12-8-7-9-13-29/h26,29-33,36-40,49-50,52-54H,7-25,27-28,48H2,1-6H3/p+1/t30?,31-,32+,33+,36-,37?,38+,39+,40-,42+,43-,44+,45-,47+/m0/s1. The molecule has 0 radical (unpaired) electrons. The molecule has 312 valence electrons. The van der Waals surface area contributed by atoms with Crippen LogP contribution in [0, 0.1) is 57.2 Å². The van der Waals surface area contributed by atoms with Crippen LogP contribution in [-0.2, 0) is 9.53 Å². The number of aliphatic hydroxyl groups excluding tert-OH is 1. The lowest BCUT2D eigenvalue weighted by Gasteiger charge is -2.67. The summed E-state index contributed by atoms with van der Waals surface area (Å²) in [5, 5.41) is 52.1. The molecular weight excluding hydrogens is 689 g/mol. The second kappa shape index (κ2) is 14.1. The van der Waals surface area contributed by atoms with Crippen molar-refractivity contribution in [1.29, 1.82) is 0 Å². The predicted octanol–water partition coefficient (Wildman–Crippen LogP) is 6.31. The van der Waals surface area contributed by atoms with Crippen molar-refractivity contribution >= 4 is 5.78 Å². The molecule has 2 unspecified atom stereocenters. The zero-order chi connectivity index (χ0) is 39.4. The third kappa shape index (κ3) is 6.33. The highest BCUT2D eigenvalue weighted by Gasteiger charge is 2.75. The quantitative estimate of drug-likeness (QED) is 0.143. The van der Waals surface area contributed by atoms with Crippen LogP contribution in [0.25, 0.3) is 0 Å². The molecule has 8 heteroatoms. The van der Waals surface area contributed by atoms with E-state index in [1.165, 1.54) is 38.5 Å². The van der Waals surface area contributed by atoms with Crippen LogP contribution >= 0.6 is 0 Å². The number of ether oxygens (including phenoxy) is 1. The number of nitrogens with two attached hydrogens (primary N) is 2. The third-order valence-corrected chi connectivity index (χ3v) is 19.5. The van der Waals surface area contributed by atoms with Crippen LogP contribution in [0.1, 0.15) is 170 Å². The SMILES string of the molecule is CC(C)(CCC1CC[NH2+]C(N)C1)[C@@](C)(O)[C@H]1O[C@H]1[C@](C)(O)[C@H]1CC[C@@]2(O)C3=CC(=O)[C@H]4C[C@@H](O)CC5(CCCC5)[C@]4(C)[C@@H]3[C@@H](CCC3CCCCC3)C[C@]12C.